The molecule has 0 aliphatic heterocycles. The first kappa shape index (κ1) is 21.3. The minimum atomic E-state index is -0.426. The number of aromatic nitrogens is 3. The van der Waals surface area contributed by atoms with E-state index < -0.39 is 11.7 Å². The molecule has 0 bridgehead atoms. The van der Waals surface area contributed by atoms with Gasteiger partial charge in [0.05, 0.1) is 29.2 Å². The number of nitrogens with zero attached hydrogens (tertiary/aromatic N) is 3. The minimum Gasteiger partial charge on any atom is -0.489 e. The molecule has 1 N–H and O–H groups in total. The Balaban J connectivity index is 1.51. The number of aryl methyl sites for hydroxylation is 2. The molecule has 0 aliphatic carbocycles. The van der Waals surface area contributed by atoms with Gasteiger partial charge in [-0.25, -0.2) is 4.39 Å². The number of anilines is 1. The van der Waals surface area contributed by atoms with Crippen molar-refractivity contribution >= 4 is 11.6 Å². The molecule has 7 nitrogen and oxygen atoms in total. The molecule has 1 amide bonds. The zero-order valence-electron chi connectivity index (χ0n) is 18.1. The number of hydrogen-bond acceptors (Lipinski definition) is 5. The largest absolute Gasteiger partial charge is 0.489 e. The van der Waals surface area contributed by atoms with E-state index in [2.05, 4.69) is 15.6 Å². The molecule has 0 aliphatic rings. The summed E-state index contributed by atoms with van der Waals surface area (Å²) in [5, 5.41) is 11.4. The quantitative estimate of drug-likeness (QED) is 0.451. The monoisotopic (exact) mass is 434 g/mol. The number of hydrogen-bond donors (Lipinski definition) is 1. The van der Waals surface area contributed by atoms with Crippen LogP contribution in [0.3, 0.4) is 0 Å². The zero-order chi connectivity index (χ0) is 22.7. The molecule has 0 saturated heterocycles. The number of amides is 1. The summed E-state index contributed by atoms with van der Waals surface area (Å²) in [6.07, 6.45) is 0. The fraction of sp³-hybridized carbons (Fsp3) is 0.208. The molecular weight excluding hydrogens is 411 g/mol. The third-order valence-electron chi connectivity index (χ3n) is 5.17. The summed E-state index contributed by atoms with van der Waals surface area (Å²) >= 11 is 0. The van der Waals surface area contributed by atoms with E-state index in [0.717, 1.165) is 11.3 Å². The van der Waals surface area contributed by atoms with Gasteiger partial charge in [0.15, 0.2) is 5.69 Å². The first-order valence-corrected chi connectivity index (χ1v) is 10.1. The molecule has 2 heterocycles. The maximum absolute atomic E-state index is 13.4. The lowest BCUT2D eigenvalue weighted by Crippen LogP contribution is -2.16. The van der Waals surface area contributed by atoms with E-state index in [9.17, 15) is 9.18 Å². The number of rotatable bonds is 7. The van der Waals surface area contributed by atoms with Gasteiger partial charge in [-0.2, -0.15) is 5.10 Å². The second-order valence-electron chi connectivity index (χ2n) is 7.46. The molecule has 0 saturated carbocycles. The minimum absolute atomic E-state index is 0.0206. The zero-order valence-corrected chi connectivity index (χ0v) is 18.1. The lowest BCUT2D eigenvalue weighted by Gasteiger charge is -2.08. The van der Waals surface area contributed by atoms with Crippen molar-refractivity contribution in [1.82, 2.24) is 14.9 Å². The van der Waals surface area contributed by atoms with Gasteiger partial charge in [-0.05, 0) is 38.5 Å². The van der Waals surface area contributed by atoms with Gasteiger partial charge >= 0.3 is 0 Å². The number of benzene rings is 2. The second kappa shape index (κ2) is 9.05. The second-order valence-corrected chi connectivity index (χ2v) is 7.46. The number of nitrogens with one attached hydrogen (secondary N) is 1. The average molecular weight is 434 g/mol. The van der Waals surface area contributed by atoms with Gasteiger partial charge < -0.3 is 14.6 Å². The normalized spacial score (nSPS) is 10.9. The van der Waals surface area contributed by atoms with Crippen molar-refractivity contribution in [3.63, 3.8) is 0 Å². The van der Waals surface area contributed by atoms with E-state index in [1.807, 2.05) is 48.9 Å². The van der Waals surface area contributed by atoms with Gasteiger partial charge in [0.25, 0.3) is 5.91 Å². The van der Waals surface area contributed by atoms with Crippen LogP contribution in [0.25, 0.3) is 0 Å². The maximum atomic E-state index is 13.4. The lowest BCUT2D eigenvalue weighted by molar-refractivity contribution is 0.101. The van der Waals surface area contributed by atoms with Crippen LogP contribution < -0.4 is 10.1 Å². The highest BCUT2D eigenvalue weighted by Gasteiger charge is 2.23. The fourth-order valence-electron chi connectivity index (χ4n) is 3.41. The van der Waals surface area contributed by atoms with Crippen LogP contribution in [-0.4, -0.2) is 20.8 Å². The Morgan fingerprint density at radius 3 is 2.66 bits per heavy atom. The molecule has 0 fully saturated rings. The Bertz CT molecular complexity index is 1250. The van der Waals surface area contributed by atoms with Crippen molar-refractivity contribution in [3.05, 3.63) is 94.4 Å². The van der Waals surface area contributed by atoms with Crippen molar-refractivity contribution < 1.29 is 18.4 Å². The summed E-state index contributed by atoms with van der Waals surface area (Å²) in [6.45, 7) is 6.06. The smallest absolute Gasteiger partial charge is 0.278 e. The van der Waals surface area contributed by atoms with Crippen LogP contribution in [0.5, 0.6) is 5.75 Å². The topological polar surface area (TPSA) is 82.2 Å². The molecule has 164 valence electrons. The van der Waals surface area contributed by atoms with Crippen LogP contribution >= 0.6 is 0 Å². The van der Waals surface area contributed by atoms with Crippen LogP contribution in [0, 0.1) is 26.6 Å². The number of halogens is 1. The molecule has 4 aromatic rings. The van der Waals surface area contributed by atoms with Crippen molar-refractivity contribution in [2.75, 3.05) is 5.32 Å². The highest BCUT2D eigenvalue weighted by molar-refractivity contribution is 6.04. The van der Waals surface area contributed by atoms with Gasteiger partial charge in [-0.1, -0.05) is 41.6 Å². The van der Waals surface area contributed by atoms with Crippen LogP contribution in [-0.2, 0) is 13.2 Å². The number of carbonyl (C=O) groups excluding carboxylic acids is 1. The molecule has 0 radical (unpaired) electrons. The van der Waals surface area contributed by atoms with Gasteiger partial charge in [0.1, 0.15) is 23.9 Å². The van der Waals surface area contributed by atoms with Crippen LogP contribution in [0.4, 0.5) is 10.1 Å². The molecule has 0 unspecified atom stereocenters. The highest BCUT2D eigenvalue weighted by Crippen LogP contribution is 2.23. The molecular formula is C24H23FN4O3. The van der Waals surface area contributed by atoms with Gasteiger partial charge in [0.2, 0.25) is 0 Å². The van der Waals surface area contributed by atoms with E-state index >= 15 is 0 Å². The molecule has 0 spiro atoms. The van der Waals surface area contributed by atoms with Crippen molar-refractivity contribution in [1.29, 1.82) is 0 Å². The predicted molar refractivity (Wildman–Crippen MR) is 117 cm³/mol. The highest BCUT2D eigenvalue weighted by atomic mass is 19.1. The van der Waals surface area contributed by atoms with Crippen molar-refractivity contribution in [3.8, 4) is 5.75 Å². The van der Waals surface area contributed by atoms with Gasteiger partial charge in [-0.3, -0.25) is 9.48 Å². The molecule has 8 heteroatoms. The van der Waals surface area contributed by atoms with Crippen LogP contribution in [0.15, 0.2) is 59.1 Å². The number of ether oxygens (including phenoxy) is 1. The molecule has 2 aromatic carbocycles. The Hall–Kier alpha value is -3.94. The first-order chi connectivity index (χ1) is 15.4. The third-order valence-corrected chi connectivity index (χ3v) is 5.17. The first-order valence-electron chi connectivity index (χ1n) is 10.1. The van der Waals surface area contributed by atoms with E-state index in [-0.39, 0.29) is 12.3 Å². The Kier molecular flexibility index (Phi) is 6.02. The van der Waals surface area contributed by atoms with Crippen molar-refractivity contribution in [2.24, 2.45) is 0 Å². The van der Waals surface area contributed by atoms with E-state index in [4.69, 9.17) is 9.26 Å². The number of carbonyl (C=O) groups is 1. The van der Waals surface area contributed by atoms with Crippen LogP contribution in [0.2, 0.25) is 0 Å². The fourth-order valence-corrected chi connectivity index (χ4v) is 3.41. The lowest BCUT2D eigenvalue weighted by atomic mass is 10.2. The third kappa shape index (κ3) is 4.54. The molecule has 0 atom stereocenters. The molecule has 32 heavy (non-hydrogen) atoms. The molecule has 4 rings (SSSR count). The van der Waals surface area contributed by atoms with Gasteiger partial charge in [0, 0.05) is 6.07 Å². The Morgan fingerprint density at radius 1 is 1.12 bits per heavy atom. The summed E-state index contributed by atoms with van der Waals surface area (Å²) in [5.74, 6) is -0.0169. The van der Waals surface area contributed by atoms with Crippen molar-refractivity contribution in [2.45, 2.75) is 33.9 Å². The average Bonchev–Trinajstić information content (AvgIpc) is 3.27. The maximum Gasteiger partial charge on any atom is 0.278 e. The van der Waals surface area contributed by atoms with E-state index in [1.165, 1.54) is 12.1 Å². The summed E-state index contributed by atoms with van der Waals surface area (Å²) in [7, 11) is 0. The standard InChI is InChI=1S/C24H23FN4O3/c1-15-22(16(2)29(27-15)13-18-8-5-4-6-9-18)26-24(30)23-21(17(3)32-28-23)14-31-20-11-7-10-19(25)12-20/h4-12H,13-14H2,1-3H3,(H,26,30). The summed E-state index contributed by atoms with van der Waals surface area (Å²) < 4.78 is 26.1. The molecule has 2 aromatic heterocycles. The van der Waals surface area contributed by atoms with Crippen LogP contribution in [0.1, 0.15) is 38.8 Å². The SMILES string of the molecule is Cc1nn(Cc2ccccc2)c(C)c1NC(=O)c1noc(C)c1COc1cccc(F)c1. The summed E-state index contributed by atoms with van der Waals surface area (Å²) in [4.78, 5) is 13.0. The Labute approximate surface area is 184 Å². The van der Waals surface area contributed by atoms with E-state index in [0.29, 0.717) is 35.0 Å². The predicted octanol–water partition coefficient (Wildman–Crippen LogP) is 4.82. The Morgan fingerprint density at radius 2 is 1.91 bits per heavy atom. The summed E-state index contributed by atoms with van der Waals surface area (Å²) in [5.41, 5.74) is 3.89. The van der Waals surface area contributed by atoms with Gasteiger partial charge in [-0.15, -0.1) is 0 Å². The summed E-state index contributed by atoms with van der Waals surface area (Å²) in [6, 6.07) is 15.8. The van der Waals surface area contributed by atoms with E-state index in [1.54, 1.807) is 19.1 Å².